The number of aromatic carboxylic acids is 3. The van der Waals surface area contributed by atoms with Crippen LogP contribution in [-0.2, 0) is 0 Å². The van der Waals surface area contributed by atoms with E-state index >= 15 is 0 Å². The highest BCUT2D eigenvalue weighted by molar-refractivity contribution is 6.02. The average Bonchev–Trinajstić information content (AvgIpc) is 3.73. The Labute approximate surface area is 261 Å². The van der Waals surface area contributed by atoms with Crippen LogP contribution in [0.3, 0.4) is 0 Å². The smallest absolute Gasteiger partial charge is 0.320 e. The molecular weight excluding hydrogens is 582 g/mol. The van der Waals surface area contributed by atoms with Crippen LogP contribution in [0.4, 0.5) is 0 Å². The Morgan fingerprint density at radius 2 is 0.956 bits per heavy atom. The molecule has 15 nitrogen and oxygen atoms in total. The number of hydrogen-bond donors (Lipinski definition) is 0. The number of carbonyl (C=O) groups is 3. The molecule has 3 aliphatic rings. The number of quaternary nitrogens is 3. The van der Waals surface area contributed by atoms with Gasteiger partial charge < -0.3 is 29.7 Å². The lowest BCUT2D eigenvalue weighted by Gasteiger charge is -2.17. The Balaban J connectivity index is 0.000000305. The molecule has 1 aromatic rings. The van der Waals surface area contributed by atoms with Gasteiger partial charge in [-0.2, -0.15) is 13.4 Å². The number of carboxylic acids is 3. The second-order valence-corrected chi connectivity index (χ2v) is 9.40. The molecule has 0 aromatic heterocycles. The summed E-state index contributed by atoms with van der Waals surface area (Å²) in [6, 6.07) is 2.37. The first-order chi connectivity index (χ1) is 21.2. The van der Waals surface area contributed by atoms with Crippen LogP contribution in [0.25, 0.3) is 0 Å². The fraction of sp³-hybridized carbons (Fsp3) is 0.300. The zero-order chi connectivity index (χ0) is 34.4. The lowest BCUT2D eigenvalue weighted by Crippen LogP contribution is -2.39. The van der Waals surface area contributed by atoms with Crippen LogP contribution in [0.1, 0.15) is 72.6 Å². The summed E-state index contributed by atoms with van der Waals surface area (Å²) in [7, 11) is 0. The zero-order valence-electron chi connectivity index (χ0n) is 25.8. The normalized spacial score (nSPS) is 23.1. The van der Waals surface area contributed by atoms with E-state index in [4.69, 9.17) is 15.8 Å². The number of carboxylic acid groups (broad SMARTS) is 3. The topological polar surface area (TPSA) is 229 Å². The quantitative estimate of drug-likeness (QED) is 0.318. The maximum absolute atomic E-state index is 10.5. The molecule has 3 atom stereocenters. The molecule has 3 unspecified atom stereocenters. The predicted octanol–water partition coefficient (Wildman–Crippen LogP) is 0.399. The Hall–Kier alpha value is -5.79. The molecular formula is C30H33N9O6. The predicted molar refractivity (Wildman–Crippen MR) is 155 cm³/mol. The van der Waals surface area contributed by atoms with E-state index in [0.29, 0.717) is 6.07 Å². The van der Waals surface area contributed by atoms with E-state index in [1.54, 1.807) is 37.2 Å². The maximum atomic E-state index is 10.5. The number of hydrogen-bond acceptors (Lipinski definition) is 12. The van der Waals surface area contributed by atoms with E-state index in [2.05, 4.69) is 33.6 Å². The third-order valence-electron chi connectivity index (χ3n) is 7.21. The second kappa shape index (κ2) is 16.2. The summed E-state index contributed by atoms with van der Waals surface area (Å²) in [5.41, 5.74) is -1.84. The molecule has 3 heterocycles. The Morgan fingerprint density at radius 3 is 1.13 bits per heavy atom. The van der Waals surface area contributed by atoms with Crippen LogP contribution in [-0.4, -0.2) is 68.5 Å². The average molecular weight is 616 g/mol. The molecule has 234 valence electrons. The number of nitrogens with zero attached hydrogens (tertiary/aromatic N) is 9. The van der Waals surface area contributed by atoms with Gasteiger partial charge in [-0.3, -0.25) is 0 Å². The van der Waals surface area contributed by atoms with Crippen LogP contribution in [0, 0.1) is 34.4 Å². The molecule has 15 heteroatoms. The van der Waals surface area contributed by atoms with Crippen molar-refractivity contribution in [1.29, 1.82) is 15.8 Å². The fourth-order valence-corrected chi connectivity index (χ4v) is 3.95. The summed E-state index contributed by atoms with van der Waals surface area (Å²) in [5.74, 6) is -2.57. The first kappa shape index (κ1) is 37.2. The lowest BCUT2D eigenvalue weighted by molar-refractivity contribution is -0.711. The van der Waals surface area contributed by atoms with Gasteiger partial charge in [-0.05, 0) is 32.4 Å². The fourth-order valence-electron chi connectivity index (χ4n) is 3.95. The summed E-state index contributed by atoms with van der Waals surface area (Å²) in [6.07, 6.45) is 17.0. The Kier molecular flexibility index (Phi) is 13.4. The third-order valence-corrected chi connectivity index (χ3v) is 7.21. The van der Waals surface area contributed by atoms with Crippen molar-refractivity contribution in [3.63, 3.8) is 0 Å². The number of carbonyl (C=O) groups excluding carboxylic acids is 3. The highest BCUT2D eigenvalue weighted by Gasteiger charge is 2.32. The summed E-state index contributed by atoms with van der Waals surface area (Å²) >= 11 is 0. The molecule has 0 N–H and O–H groups in total. The number of nitriles is 3. The first-order valence-electron chi connectivity index (χ1n) is 13.5. The van der Waals surface area contributed by atoms with E-state index in [1.807, 2.05) is 41.5 Å². The lowest BCUT2D eigenvalue weighted by atomic mass is 10.0. The van der Waals surface area contributed by atoms with Crippen molar-refractivity contribution in [3.05, 3.63) is 72.1 Å². The Bertz CT molecular complexity index is 1510. The molecule has 4 rings (SSSR count). The van der Waals surface area contributed by atoms with Gasteiger partial charge in [-0.25, -0.2) is 15.0 Å². The second-order valence-electron chi connectivity index (χ2n) is 9.40. The molecule has 45 heavy (non-hydrogen) atoms. The van der Waals surface area contributed by atoms with Crippen molar-refractivity contribution in [2.24, 2.45) is 15.0 Å². The molecule has 0 saturated carbocycles. The number of aliphatic imine (C=N–C) groups is 3. The number of amidine groups is 3. The van der Waals surface area contributed by atoms with E-state index in [-0.39, 0.29) is 13.4 Å². The molecule has 3 aliphatic heterocycles. The molecule has 0 bridgehead atoms. The molecule has 0 aliphatic carbocycles. The summed E-state index contributed by atoms with van der Waals surface area (Å²) < 4.78 is 0.750. The van der Waals surface area contributed by atoms with Crippen molar-refractivity contribution in [3.8, 4) is 18.6 Å². The van der Waals surface area contributed by atoms with Crippen molar-refractivity contribution >= 4 is 35.4 Å². The summed E-state index contributed by atoms with van der Waals surface area (Å²) in [5, 5.41) is 57.6. The molecule has 0 spiro atoms. The molecule has 0 radical (unpaired) electrons. The highest BCUT2D eigenvalue weighted by Crippen LogP contribution is 2.16. The van der Waals surface area contributed by atoms with Gasteiger partial charge in [0.1, 0.15) is 38.2 Å². The van der Waals surface area contributed by atoms with E-state index < -0.39 is 34.6 Å². The number of benzene rings is 1. The minimum Gasteiger partial charge on any atom is -0.545 e. The van der Waals surface area contributed by atoms with Crippen molar-refractivity contribution in [2.45, 2.75) is 41.5 Å². The molecule has 0 amide bonds. The van der Waals surface area contributed by atoms with Gasteiger partial charge in [0.2, 0.25) is 17.5 Å². The van der Waals surface area contributed by atoms with Gasteiger partial charge in [0, 0.05) is 31.9 Å². The van der Waals surface area contributed by atoms with Gasteiger partial charge in [0.15, 0.2) is 0 Å². The summed E-state index contributed by atoms with van der Waals surface area (Å²) in [6.45, 7) is 13.8. The monoisotopic (exact) mass is 615 g/mol. The van der Waals surface area contributed by atoms with E-state index in [9.17, 15) is 29.7 Å². The largest absolute Gasteiger partial charge is 0.545 e. The maximum Gasteiger partial charge on any atom is 0.320 e. The third kappa shape index (κ3) is 8.63. The molecule has 1 aromatic carbocycles. The van der Waals surface area contributed by atoms with Gasteiger partial charge in [0.25, 0.3) is 0 Å². The number of rotatable bonds is 6. The van der Waals surface area contributed by atoms with E-state index in [1.165, 1.54) is 0 Å². The Morgan fingerprint density at radius 1 is 0.622 bits per heavy atom. The SMILES string of the molecule is CC[N+]1(C#N)C=CN=C1C.CC[N+]1(C#N)C=CN=C1C.CC[N+]1(C#N)C=CN=C1C.O=C([O-])c1ccc(C(=O)[O-])c(C(=O)[O-])c1. The van der Waals surface area contributed by atoms with Crippen LogP contribution in [0.15, 0.2) is 70.4 Å². The van der Waals surface area contributed by atoms with E-state index in [0.717, 1.165) is 49.3 Å². The minimum absolute atomic E-state index is 0.250. The van der Waals surface area contributed by atoms with Crippen LogP contribution < -0.4 is 15.3 Å². The highest BCUT2D eigenvalue weighted by atomic mass is 16.4. The van der Waals surface area contributed by atoms with Crippen molar-refractivity contribution in [2.75, 3.05) is 19.6 Å². The van der Waals surface area contributed by atoms with Gasteiger partial charge in [0.05, 0.1) is 36.5 Å². The summed E-state index contributed by atoms with van der Waals surface area (Å²) in [4.78, 5) is 43.3. The molecule has 0 fully saturated rings. The van der Waals surface area contributed by atoms with Crippen LogP contribution >= 0.6 is 0 Å². The molecule has 0 saturated heterocycles. The van der Waals surface area contributed by atoms with Crippen molar-refractivity contribution in [1.82, 2.24) is 0 Å². The van der Waals surface area contributed by atoms with Gasteiger partial charge >= 0.3 is 18.6 Å². The zero-order valence-corrected chi connectivity index (χ0v) is 25.8. The van der Waals surface area contributed by atoms with Crippen LogP contribution in [0.5, 0.6) is 0 Å². The van der Waals surface area contributed by atoms with Crippen molar-refractivity contribution < 1.29 is 43.2 Å². The standard InChI is InChI=1S/C9H6O6.3C7H10N3/c10-7(11)4-1-2-5(8(12)13)6(3-4)9(14)15;3*1-3-10(6-8)5-4-9-7(10)2/h1-3H,(H,10,11)(H,12,13)(H,14,15);3*4-5H,3H2,1-2H3/q;3*+1/p-3. The minimum atomic E-state index is -1.79. The first-order valence-corrected chi connectivity index (χ1v) is 13.5. The van der Waals surface area contributed by atoms with Gasteiger partial charge in [-0.1, -0.05) is 12.1 Å². The van der Waals surface area contributed by atoms with Crippen LogP contribution in [0.2, 0.25) is 0 Å². The van der Waals surface area contributed by atoms with Gasteiger partial charge in [-0.15, -0.1) is 15.8 Å².